The number of aryl methyl sites for hydroxylation is 1. The van der Waals surface area contributed by atoms with Crippen LogP contribution in [0.5, 0.6) is 0 Å². The van der Waals surface area contributed by atoms with Gasteiger partial charge >= 0.3 is 0 Å². The van der Waals surface area contributed by atoms with Crippen LogP contribution in [-0.2, 0) is 29.7 Å². The highest BCUT2D eigenvalue weighted by molar-refractivity contribution is 6.00. The lowest BCUT2D eigenvalue weighted by molar-refractivity contribution is -0.123. The zero-order valence-electron chi connectivity index (χ0n) is 14.1. The van der Waals surface area contributed by atoms with E-state index in [2.05, 4.69) is 23.3 Å². The summed E-state index contributed by atoms with van der Waals surface area (Å²) in [7, 11) is 1.86. The fourth-order valence-corrected chi connectivity index (χ4v) is 3.20. The standard InChI is InChI=1S/C20H19N3O2/c1-22-16(10-11-21-22)13-25-14-20(24)23-12-15-6-2-3-7-17(15)18-8-4-5-9-19(18)23/h2-11H,12-14H2,1H3. The average Bonchev–Trinajstić information content (AvgIpc) is 3.06. The zero-order valence-corrected chi connectivity index (χ0v) is 14.1. The summed E-state index contributed by atoms with van der Waals surface area (Å²) in [5.74, 6) is -0.0379. The summed E-state index contributed by atoms with van der Waals surface area (Å²) in [5.41, 5.74) is 5.32. The van der Waals surface area contributed by atoms with Crippen molar-refractivity contribution in [3.05, 3.63) is 72.1 Å². The van der Waals surface area contributed by atoms with Crippen molar-refractivity contribution in [2.75, 3.05) is 11.5 Å². The summed E-state index contributed by atoms with van der Waals surface area (Å²) in [6.45, 7) is 0.983. The van der Waals surface area contributed by atoms with Crippen LogP contribution in [0.15, 0.2) is 60.8 Å². The lowest BCUT2D eigenvalue weighted by Gasteiger charge is -2.31. The van der Waals surface area contributed by atoms with Gasteiger partial charge in [-0.25, -0.2) is 0 Å². The number of nitrogens with zero attached hydrogens (tertiary/aromatic N) is 3. The van der Waals surface area contributed by atoms with Gasteiger partial charge in [0.15, 0.2) is 0 Å². The number of benzene rings is 2. The van der Waals surface area contributed by atoms with E-state index in [4.69, 9.17) is 4.74 Å². The third-order valence-electron chi connectivity index (χ3n) is 4.53. The van der Waals surface area contributed by atoms with Crippen LogP contribution in [0.4, 0.5) is 5.69 Å². The van der Waals surface area contributed by atoms with Crippen molar-refractivity contribution >= 4 is 11.6 Å². The molecule has 25 heavy (non-hydrogen) atoms. The minimum Gasteiger partial charge on any atom is -0.365 e. The second-order valence-electron chi connectivity index (χ2n) is 6.09. The van der Waals surface area contributed by atoms with Gasteiger partial charge in [0.1, 0.15) is 6.61 Å². The maximum absolute atomic E-state index is 12.8. The lowest BCUT2D eigenvalue weighted by Crippen LogP contribution is -2.35. The fourth-order valence-electron chi connectivity index (χ4n) is 3.20. The number of ether oxygens (including phenoxy) is 1. The monoisotopic (exact) mass is 333 g/mol. The number of carbonyl (C=O) groups excluding carboxylic acids is 1. The number of aromatic nitrogens is 2. The Morgan fingerprint density at radius 2 is 1.84 bits per heavy atom. The summed E-state index contributed by atoms with van der Waals surface area (Å²) in [4.78, 5) is 14.6. The first kappa shape index (κ1) is 15.6. The van der Waals surface area contributed by atoms with Crippen molar-refractivity contribution in [3.8, 4) is 11.1 Å². The zero-order chi connectivity index (χ0) is 17.2. The van der Waals surface area contributed by atoms with E-state index < -0.39 is 0 Å². The van der Waals surface area contributed by atoms with E-state index in [0.29, 0.717) is 13.2 Å². The van der Waals surface area contributed by atoms with Gasteiger partial charge in [-0.05, 0) is 23.3 Å². The topological polar surface area (TPSA) is 47.4 Å². The van der Waals surface area contributed by atoms with Crippen LogP contribution in [0.1, 0.15) is 11.3 Å². The fraction of sp³-hybridized carbons (Fsp3) is 0.200. The van der Waals surface area contributed by atoms with Crippen molar-refractivity contribution in [3.63, 3.8) is 0 Å². The molecular formula is C20H19N3O2. The molecule has 4 rings (SSSR count). The summed E-state index contributed by atoms with van der Waals surface area (Å²) in [6, 6.07) is 18.1. The Morgan fingerprint density at radius 3 is 2.64 bits per heavy atom. The van der Waals surface area contributed by atoms with Crippen LogP contribution < -0.4 is 4.90 Å². The Balaban J connectivity index is 1.52. The Bertz CT molecular complexity index is 917. The highest BCUT2D eigenvalue weighted by Gasteiger charge is 2.25. The van der Waals surface area contributed by atoms with Crippen molar-refractivity contribution in [1.82, 2.24) is 9.78 Å². The van der Waals surface area contributed by atoms with E-state index in [0.717, 1.165) is 22.5 Å². The Kier molecular flexibility index (Phi) is 4.07. The minimum absolute atomic E-state index is 0.0379. The second kappa shape index (κ2) is 6.53. The number of para-hydroxylation sites is 1. The maximum atomic E-state index is 12.8. The van der Waals surface area contributed by atoms with Crippen LogP contribution in [-0.4, -0.2) is 22.3 Å². The Morgan fingerprint density at radius 1 is 1.08 bits per heavy atom. The molecule has 2 aromatic carbocycles. The van der Waals surface area contributed by atoms with Gasteiger partial charge in [-0.3, -0.25) is 9.48 Å². The lowest BCUT2D eigenvalue weighted by atomic mass is 9.93. The predicted octanol–water partition coefficient (Wildman–Crippen LogP) is 3.15. The first-order valence-corrected chi connectivity index (χ1v) is 8.26. The van der Waals surface area contributed by atoms with Gasteiger partial charge in [-0.2, -0.15) is 5.10 Å². The molecule has 0 radical (unpaired) electrons. The highest BCUT2D eigenvalue weighted by atomic mass is 16.5. The normalized spacial score (nSPS) is 12.6. The quantitative estimate of drug-likeness (QED) is 0.737. The van der Waals surface area contributed by atoms with Crippen molar-refractivity contribution in [2.24, 2.45) is 7.05 Å². The third kappa shape index (κ3) is 2.94. The number of carbonyl (C=O) groups is 1. The van der Waals surface area contributed by atoms with Crippen LogP contribution in [0.3, 0.4) is 0 Å². The van der Waals surface area contributed by atoms with Crippen LogP contribution in [0.25, 0.3) is 11.1 Å². The molecule has 0 aliphatic carbocycles. The number of amides is 1. The molecule has 1 aromatic heterocycles. The van der Waals surface area contributed by atoms with Gasteiger partial charge in [-0.1, -0.05) is 42.5 Å². The van der Waals surface area contributed by atoms with E-state index >= 15 is 0 Å². The van der Waals surface area contributed by atoms with E-state index in [9.17, 15) is 4.79 Å². The number of hydrogen-bond acceptors (Lipinski definition) is 3. The molecule has 0 bridgehead atoms. The molecule has 0 N–H and O–H groups in total. The SMILES string of the molecule is Cn1nccc1COCC(=O)N1Cc2ccccc2-c2ccccc21. The largest absolute Gasteiger partial charge is 0.365 e. The third-order valence-corrected chi connectivity index (χ3v) is 4.53. The van der Waals surface area contributed by atoms with Crippen LogP contribution in [0, 0.1) is 0 Å². The summed E-state index contributed by atoms with van der Waals surface area (Å²) < 4.78 is 7.37. The molecule has 2 heterocycles. The number of anilines is 1. The van der Waals surface area contributed by atoms with Crippen LogP contribution >= 0.6 is 0 Å². The molecule has 0 fully saturated rings. The second-order valence-corrected chi connectivity index (χ2v) is 6.09. The molecule has 0 spiro atoms. The Labute approximate surface area is 146 Å². The van der Waals surface area contributed by atoms with Gasteiger partial charge in [0.2, 0.25) is 0 Å². The Hall–Kier alpha value is -2.92. The molecule has 1 aliphatic rings. The van der Waals surface area contributed by atoms with Gasteiger partial charge in [0.05, 0.1) is 24.5 Å². The van der Waals surface area contributed by atoms with Crippen molar-refractivity contribution in [1.29, 1.82) is 0 Å². The molecule has 1 amide bonds. The average molecular weight is 333 g/mol. The van der Waals surface area contributed by atoms with E-state index in [-0.39, 0.29) is 12.5 Å². The predicted molar refractivity (Wildman–Crippen MR) is 95.9 cm³/mol. The van der Waals surface area contributed by atoms with Gasteiger partial charge in [0, 0.05) is 18.8 Å². The van der Waals surface area contributed by atoms with Crippen molar-refractivity contribution in [2.45, 2.75) is 13.2 Å². The summed E-state index contributed by atoms with van der Waals surface area (Å²) >= 11 is 0. The number of rotatable bonds is 4. The number of fused-ring (bicyclic) bond motifs is 3. The first-order valence-electron chi connectivity index (χ1n) is 8.26. The molecule has 0 saturated carbocycles. The molecule has 0 atom stereocenters. The maximum Gasteiger partial charge on any atom is 0.253 e. The first-order chi connectivity index (χ1) is 12.2. The smallest absolute Gasteiger partial charge is 0.253 e. The van der Waals surface area contributed by atoms with Gasteiger partial charge in [0.25, 0.3) is 5.91 Å². The van der Waals surface area contributed by atoms with E-state index in [1.54, 1.807) is 15.8 Å². The molecule has 0 unspecified atom stereocenters. The molecule has 5 nitrogen and oxygen atoms in total. The molecule has 126 valence electrons. The number of hydrogen-bond donors (Lipinski definition) is 0. The van der Waals surface area contributed by atoms with E-state index in [1.165, 1.54) is 5.56 Å². The highest BCUT2D eigenvalue weighted by Crippen LogP contribution is 2.38. The molecule has 0 saturated heterocycles. The van der Waals surface area contributed by atoms with E-state index in [1.807, 2.05) is 43.4 Å². The minimum atomic E-state index is -0.0379. The van der Waals surface area contributed by atoms with Gasteiger partial charge < -0.3 is 9.64 Å². The molecule has 1 aliphatic heterocycles. The summed E-state index contributed by atoms with van der Waals surface area (Å²) in [5, 5.41) is 4.10. The van der Waals surface area contributed by atoms with Gasteiger partial charge in [-0.15, -0.1) is 0 Å². The molecule has 5 heteroatoms. The van der Waals surface area contributed by atoms with Crippen molar-refractivity contribution < 1.29 is 9.53 Å². The molecule has 3 aromatic rings. The van der Waals surface area contributed by atoms with Crippen LogP contribution in [0.2, 0.25) is 0 Å². The molecular weight excluding hydrogens is 314 g/mol. The summed E-state index contributed by atoms with van der Waals surface area (Å²) in [6.07, 6.45) is 1.72.